The molecule has 1 rings (SSSR count). The molecule has 4 N–H and O–H groups in total. The highest BCUT2D eigenvalue weighted by Crippen LogP contribution is 2.18. The molecule has 138 valence electrons. The molecule has 0 heterocycles. The molecule has 1 aliphatic carbocycles. The Morgan fingerprint density at radius 3 is 2.43 bits per heavy atom. The first kappa shape index (κ1) is 22.9. The zero-order chi connectivity index (χ0) is 16.4. The van der Waals surface area contributed by atoms with Crippen LogP contribution in [0.25, 0.3) is 0 Å². The SMILES string of the molecule is CCNC(=NCCCNS(=O)(=O)CC)NC1CCC(O)CC1.I. The van der Waals surface area contributed by atoms with E-state index in [1.165, 1.54) is 0 Å². The van der Waals surface area contributed by atoms with Crippen molar-refractivity contribution in [2.75, 3.05) is 25.4 Å². The van der Waals surface area contributed by atoms with Crippen molar-refractivity contribution in [3.63, 3.8) is 0 Å². The van der Waals surface area contributed by atoms with Crippen LogP contribution in [-0.4, -0.2) is 57.0 Å². The number of guanidine groups is 1. The van der Waals surface area contributed by atoms with Gasteiger partial charge in [0.2, 0.25) is 10.0 Å². The van der Waals surface area contributed by atoms with E-state index in [0.29, 0.717) is 25.6 Å². The number of aliphatic hydroxyl groups is 1. The molecule has 9 heteroatoms. The maximum atomic E-state index is 11.3. The van der Waals surface area contributed by atoms with E-state index in [-0.39, 0.29) is 35.8 Å². The van der Waals surface area contributed by atoms with E-state index in [0.717, 1.165) is 38.2 Å². The molecule has 0 bridgehead atoms. The number of aliphatic hydroxyl groups excluding tert-OH is 1. The summed E-state index contributed by atoms with van der Waals surface area (Å²) in [5.41, 5.74) is 0. The number of aliphatic imine (C=N–C) groups is 1. The fraction of sp³-hybridized carbons (Fsp3) is 0.929. The van der Waals surface area contributed by atoms with Crippen LogP contribution in [0.3, 0.4) is 0 Å². The molecule has 0 aliphatic heterocycles. The summed E-state index contributed by atoms with van der Waals surface area (Å²) in [6, 6.07) is 0.347. The van der Waals surface area contributed by atoms with E-state index in [9.17, 15) is 13.5 Å². The standard InChI is InChI=1S/C14H30N4O3S.HI/c1-3-15-14(18-12-6-8-13(19)9-7-12)16-10-5-11-17-22(20,21)4-2;/h12-13,17,19H,3-11H2,1-2H3,(H2,15,16,18);1H. The van der Waals surface area contributed by atoms with Crippen LogP contribution >= 0.6 is 24.0 Å². The smallest absolute Gasteiger partial charge is 0.211 e. The summed E-state index contributed by atoms with van der Waals surface area (Å²) >= 11 is 0. The highest BCUT2D eigenvalue weighted by Gasteiger charge is 2.19. The molecule has 0 radical (unpaired) electrons. The third kappa shape index (κ3) is 10.4. The fourth-order valence-electron chi connectivity index (χ4n) is 2.33. The number of hydrogen-bond donors (Lipinski definition) is 4. The Kier molecular flexibility index (Phi) is 12.2. The number of nitrogens with zero attached hydrogens (tertiary/aromatic N) is 1. The van der Waals surface area contributed by atoms with Gasteiger partial charge in [-0.25, -0.2) is 13.1 Å². The van der Waals surface area contributed by atoms with Crippen molar-refractivity contribution in [1.29, 1.82) is 0 Å². The Morgan fingerprint density at radius 2 is 1.87 bits per heavy atom. The number of sulfonamides is 1. The van der Waals surface area contributed by atoms with E-state index >= 15 is 0 Å². The van der Waals surface area contributed by atoms with Gasteiger partial charge in [0.05, 0.1) is 11.9 Å². The molecule has 7 nitrogen and oxygen atoms in total. The van der Waals surface area contributed by atoms with Crippen LogP contribution < -0.4 is 15.4 Å². The minimum atomic E-state index is -3.11. The average molecular weight is 462 g/mol. The monoisotopic (exact) mass is 462 g/mol. The Labute approximate surface area is 157 Å². The van der Waals surface area contributed by atoms with E-state index < -0.39 is 10.0 Å². The van der Waals surface area contributed by atoms with Crippen LogP contribution in [0.4, 0.5) is 0 Å². The second-order valence-electron chi connectivity index (χ2n) is 5.56. The largest absolute Gasteiger partial charge is 0.393 e. The van der Waals surface area contributed by atoms with Gasteiger partial charge in [-0.2, -0.15) is 0 Å². The maximum Gasteiger partial charge on any atom is 0.211 e. The third-order valence-electron chi connectivity index (χ3n) is 3.69. The van der Waals surface area contributed by atoms with Crippen molar-refractivity contribution < 1.29 is 13.5 Å². The van der Waals surface area contributed by atoms with Gasteiger partial charge in [-0.15, -0.1) is 24.0 Å². The lowest BCUT2D eigenvalue weighted by atomic mass is 9.93. The predicted molar refractivity (Wildman–Crippen MR) is 105 cm³/mol. The molecule has 0 unspecified atom stereocenters. The summed E-state index contributed by atoms with van der Waals surface area (Å²) < 4.78 is 25.1. The summed E-state index contributed by atoms with van der Waals surface area (Å²) in [7, 11) is -3.11. The van der Waals surface area contributed by atoms with Crippen LogP contribution in [0.15, 0.2) is 4.99 Å². The molecular formula is C14H31IN4O3S. The van der Waals surface area contributed by atoms with E-state index in [1.54, 1.807) is 6.92 Å². The van der Waals surface area contributed by atoms with Gasteiger partial charge in [-0.05, 0) is 46.0 Å². The first-order chi connectivity index (χ1) is 10.5. The summed E-state index contributed by atoms with van der Waals surface area (Å²) in [4.78, 5) is 4.47. The van der Waals surface area contributed by atoms with Gasteiger partial charge in [0.25, 0.3) is 0 Å². The summed E-state index contributed by atoms with van der Waals surface area (Å²) in [5, 5.41) is 16.1. The van der Waals surface area contributed by atoms with Gasteiger partial charge in [0, 0.05) is 25.7 Å². The lowest BCUT2D eigenvalue weighted by molar-refractivity contribution is 0.120. The van der Waals surface area contributed by atoms with Crippen molar-refractivity contribution in [2.24, 2.45) is 4.99 Å². The van der Waals surface area contributed by atoms with Gasteiger partial charge in [0.1, 0.15) is 0 Å². The van der Waals surface area contributed by atoms with Crippen molar-refractivity contribution in [3.8, 4) is 0 Å². The average Bonchev–Trinajstić information content (AvgIpc) is 2.49. The zero-order valence-electron chi connectivity index (χ0n) is 14.0. The van der Waals surface area contributed by atoms with Crippen LogP contribution in [0, 0.1) is 0 Å². The normalized spacial score (nSPS) is 22.3. The second kappa shape index (κ2) is 12.3. The van der Waals surface area contributed by atoms with E-state index in [1.807, 2.05) is 6.92 Å². The minimum Gasteiger partial charge on any atom is -0.393 e. The first-order valence-electron chi connectivity index (χ1n) is 8.17. The van der Waals surface area contributed by atoms with Crippen molar-refractivity contribution in [1.82, 2.24) is 15.4 Å². The molecule has 1 aliphatic rings. The molecule has 1 saturated carbocycles. The minimum absolute atomic E-state index is 0. The molecule has 0 aromatic heterocycles. The molecule has 0 atom stereocenters. The molecule has 0 amide bonds. The van der Waals surface area contributed by atoms with Crippen LogP contribution in [0.2, 0.25) is 0 Å². The number of rotatable bonds is 8. The molecule has 0 spiro atoms. The first-order valence-corrected chi connectivity index (χ1v) is 9.82. The maximum absolute atomic E-state index is 11.3. The topological polar surface area (TPSA) is 103 Å². The quantitative estimate of drug-likeness (QED) is 0.185. The lowest BCUT2D eigenvalue weighted by Crippen LogP contribution is -2.45. The zero-order valence-corrected chi connectivity index (χ0v) is 17.2. The van der Waals surface area contributed by atoms with Gasteiger partial charge in [-0.3, -0.25) is 4.99 Å². The number of halogens is 1. The number of nitrogens with one attached hydrogen (secondary N) is 3. The third-order valence-corrected chi connectivity index (χ3v) is 5.09. The fourth-order valence-corrected chi connectivity index (χ4v) is 2.99. The van der Waals surface area contributed by atoms with E-state index in [4.69, 9.17) is 0 Å². The second-order valence-corrected chi connectivity index (χ2v) is 7.66. The van der Waals surface area contributed by atoms with Crippen molar-refractivity contribution >= 4 is 40.0 Å². The summed E-state index contributed by atoms with van der Waals surface area (Å²) in [6.07, 6.45) is 4.05. The molecular weight excluding hydrogens is 431 g/mol. The summed E-state index contributed by atoms with van der Waals surface area (Å²) in [6.45, 7) is 5.39. The van der Waals surface area contributed by atoms with Crippen molar-refractivity contribution in [3.05, 3.63) is 0 Å². The van der Waals surface area contributed by atoms with Crippen LogP contribution in [0.1, 0.15) is 46.0 Å². The number of hydrogen-bond acceptors (Lipinski definition) is 4. The van der Waals surface area contributed by atoms with Gasteiger partial charge in [0.15, 0.2) is 5.96 Å². The van der Waals surface area contributed by atoms with Crippen molar-refractivity contribution in [2.45, 2.75) is 58.1 Å². The molecule has 0 aromatic carbocycles. The Morgan fingerprint density at radius 1 is 1.22 bits per heavy atom. The van der Waals surface area contributed by atoms with Gasteiger partial charge in [-0.1, -0.05) is 0 Å². The highest BCUT2D eigenvalue weighted by molar-refractivity contribution is 14.0. The molecule has 1 fully saturated rings. The van der Waals surface area contributed by atoms with Crippen LogP contribution in [0.5, 0.6) is 0 Å². The van der Waals surface area contributed by atoms with Gasteiger partial charge >= 0.3 is 0 Å². The Bertz CT molecular complexity index is 437. The van der Waals surface area contributed by atoms with Gasteiger partial charge < -0.3 is 15.7 Å². The van der Waals surface area contributed by atoms with Crippen LogP contribution in [-0.2, 0) is 10.0 Å². The molecule has 23 heavy (non-hydrogen) atoms. The summed E-state index contributed by atoms with van der Waals surface area (Å²) in [5.74, 6) is 0.871. The molecule has 0 saturated heterocycles. The Balaban J connectivity index is 0.00000484. The lowest BCUT2D eigenvalue weighted by Gasteiger charge is -2.27. The van der Waals surface area contributed by atoms with E-state index in [2.05, 4.69) is 20.3 Å². The highest BCUT2D eigenvalue weighted by atomic mass is 127. The predicted octanol–water partition coefficient (Wildman–Crippen LogP) is 0.792. The molecule has 0 aromatic rings. The Hall–Kier alpha value is -0.130.